The molecule has 3 heterocycles. The number of pyridine rings is 1. The van der Waals surface area contributed by atoms with Gasteiger partial charge in [-0.1, -0.05) is 107 Å². The number of ether oxygens (including phenoxy) is 1. The fraction of sp³-hybridized carbons (Fsp3) is 0.333. The molecule has 0 saturated heterocycles. The van der Waals surface area contributed by atoms with Crippen LogP contribution in [0.25, 0.3) is 39.0 Å². The first kappa shape index (κ1) is 33.7. The molecular formula is C48H55N4O+. The Balaban J connectivity index is 1.35. The zero-order valence-corrected chi connectivity index (χ0v) is 33.5. The summed E-state index contributed by atoms with van der Waals surface area (Å²) >= 11 is 0. The quantitative estimate of drug-likeness (QED) is 0.167. The van der Waals surface area contributed by atoms with Gasteiger partial charge in [0.25, 0.3) is 6.33 Å². The SMILES string of the molecule is [2H]c1c([2H])[n+](-c2cc(Oc3ccc4c5ccccc5n(-c5cc(C(C)(C)C)ccn5)c4c3)cc(C(C)(C)C)c2)cn1-c1cc(C(C)(C)C)cc(C(C)(C)C)c1. The third kappa shape index (κ3) is 7.27. The third-order valence-electron chi connectivity index (χ3n) is 10.2. The standard InChI is InChI=1S/C48H55N4O/c1-45(2,3)32-19-20-49-44(28-32)52-42-16-14-13-15-40(42)41-18-17-38(30-43(41)52)53-39-27-35(48(10,11)12)26-37(29-39)51-22-21-50(31-51)36-24-33(46(4,5)6)23-34(25-36)47(7,8)9/h13-31H,1-12H3/q+1/i21D,22D. The Morgan fingerprint density at radius 2 is 1.21 bits per heavy atom. The van der Waals surface area contributed by atoms with E-state index in [1.807, 2.05) is 29.2 Å². The summed E-state index contributed by atoms with van der Waals surface area (Å²) < 4.78 is 30.9. The van der Waals surface area contributed by atoms with Crippen LogP contribution < -0.4 is 9.30 Å². The van der Waals surface area contributed by atoms with E-state index in [4.69, 9.17) is 11.1 Å². The molecule has 272 valence electrons. The van der Waals surface area contributed by atoms with Gasteiger partial charge in [-0.15, -0.1) is 0 Å². The molecule has 3 aromatic heterocycles. The minimum absolute atomic E-state index is 0.0229. The van der Waals surface area contributed by atoms with Gasteiger partial charge in [-0.05, 0) is 98.5 Å². The van der Waals surface area contributed by atoms with Crippen LogP contribution in [-0.4, -0.2) is 14.1 Å². The molecule has 7 rings (SSSR count). The molecule has 0 saturated carbocycles. The van der Waals surface area contributed by atoms with Gasteiger partial charge in [0.1, 0.15) is 43.8 Å². The second kappa shape index (κ2) is 12.8. The molecule has 0 bridgehead atoms. The summed E-state index contributed by atoms with van der Waals surface area (Å²) in [5.74, 6) is 2.22. The second-order valence-electron chi connectivity index (χ2n) is 18.6. The molecule has 0 fully saturated rings. The maximum atomic E-state index is 9.18. The molecule has 0 aliphatic heterocycles. The van der Waals surface area contributed by atoms with E-state index >= 15 is 0 Å². The lowest BCUT2D eigenvalue weighted by atomic mass is 9.80. The maximum Gasteiger partial charge on any atom is 0.254 e. The highest BCUT2D eigenvalue weighted by molar-refractivity contribution is 6.09. The van der Waals surface area contributed by atoms with Crippen LogP contribution in [0.3, 0.4) is 0 Å². The van der Waals surface area contributed by atoms with Crippen molar-refractivity contribution in [2.75, 3.05) is 0 Å². The van der Waals surface area contributed by atoms with Crippen molar-refractivity contribution < 1.29 is 12.0 Å². The van der Waals surface area contributed by atoms with Crippen LogP contribution in [0.2, 0.25) is 0 Å². The van der Waals surface area contributed by atoms with E-state index in [0.29, 0.717) is 11.5 Å². The Bertz CT molecular complexity index is 2550. The van der Waals surface area contributed by atoms with E-state index < -0.39 is 0 Å². The predicted octanol–water partition coefficient (Wildman–Crippen LogP) is 12.2. The van der Waals surface area contributed by atoms with Crippen molar-refractivity contribution in [3.63, 3.8) is 0 Å². The molecule has 0 atom stereocenters. The van der Waals surface area contributed by atoms with Gasteiger partial charge in [-0.25, -0.2) is 14.1 Å². The fourth-order valence-electron chi connectivity index (χ4n) is 6.78. The molecule has 0 unspecified atom stereocenters. The summed E-state index contributed by atoms with van der Waals surface area (Å²) in [5.41, 5.74) is 8.02. The van der Waals surface area contributed by atoms with Crippen LogP contribution in [0.4, 0.5) is 0 Å². The molecule has 0 N–H and O–H groups in total. The lowest BCUT2D eigenvalue weighted by Crippen LogP contribution is -2.28. The summed E-state index contributed by atoms with van der Waals surface area (Å²) in [6, 6.07) is 31.7. The van der Waals surface area contributed by atoms with Crippen molar-refractivity contribution in [2.45, 2.75) is 105 Å². The molecule has 4 aromatic carbocycles. The molecule has 0 amide bonds. The number of benzene rings is 4. The van der Waals surface area contributed by atoms with E-state index in [9.17, 15) is 1.37 Å². The topological polar surface area (TPSA) is 35.9 Å². The van der Waals surface area contributed by atoms with Crippen LogP contribution in [0.5, 0.6) is 11.5 Å². The Hall–Kier alpha value is -5.16. The number of imidazole rings is 1. The summed E-state index contributed by atoms with van der Waals surface area (Å²) in [6.07, 6.45) is 3.99. The van der Waals surface area contributed by atoms with E-state index in [0.717, 1.165) is 44.6 Å². The van der Waals surface area contributed by atoms with E-state index in [-0.39, 0.29) is 34.0 Å². The zero-order chi connectivity index (χ0) is 39.8. The first-order valence-electron chi connectivity index (χ1n) is 19.7. The molecule has 0 radical (unpaired) electrons. The van der Waals surface area contributed by atoms with E-state index in [1.165, 1.54) is 16.7 Å². The molecule has 7 aromatic rings. The summed E-state index contributed by atoms with van der Waals surface area (Å²) in [7, 11) is 0. The zero-order valence-electron chi connectivity index (χ0n) is 35.5. The molecule has 5 heteroatoms. The van der Waals surface area contributed by atoms with Crippen LogP contribution in [0, 0.1) is 0 Å². The average Bonchev–Trinajstić information content (AvgIpc) is 3.59. The van der Waals surface area contributed by atoms with Crippen LogP contribution >= 0.6 is 0 Å². The van der Waals surface area contributed by atoms with Crippen molar-refractivity contribution in [3.8, 4) is 28.7 Å². The normalized spacial score (nSPS) is 13.4. The summed E-state index contributed by atoms with van der Waals surface area (Å²) in [6.45, 7) is 26.5. The molecule has 0 aliphatic rings. The van der Waals surface area contributed by atoms with Crippen LogP contribution in [-0.2, 0) is 21.7 Å². The van der Waals surface area contributed by atoms with Gasteiger partial charge in [0.15, 0.2) is 0 Å². The lowest BCUT2D eigenvalue weighted by molar-refractivity contribution is -0.594. The number of hydrogen-bond donors (Lipinski definition) is 0. The second-order valence-corrected chi connectivity index (χ2v) is 18.6. The fourth-order valence-corrected chi connectivity index (χ4v) is 6.78. The van der Waals surface area contributed by atoms with Crippen LogP contribution in [0.15, 0.2) is 116 Å². The number of aromatic nitrogens is 4. The lowest BCUT2D eigenvalue weighted by Gasteiger charge is -2.25. The number of fused-ring (bicyclic) bond motifs is 3. The molecule has 5 nitrogen and oxygen atoms in total. The predicted molar refractivity (Wildman–Crippen MR) is 221 cm³/mol. The van der Waals surface area contributed by atoms with Crippen molar-refractivity contribution in [1.82, 2.24) is 14.1 Å². The largest absolute Gasteiger partial charge is 0.457 e. The molecular weight excluding hydrogens is 649 g/mol. The Labute approximate surface area is 318 Å². The van der Waals surface area contributed by atoms with E-state index in [1.54, 1.807) is 4.57 Å². The summed E-state index contributed by atoms with van der Waals surface area (Å²) in [5, 5.41) is 2.28. The number of para-hydroxylation sites is 1. The number of rotatable bonds is 5. The monoisotopic (exact) mass is 705 g/mol. The highest BCUT2D eigenvalue weighted by Gasteiger charge is 2.24. The van der Waals surface area contributed by atoms with Gasteiger partial charge < -0.3 is 4.74 Å². The van der Waals surface area contributed by atoms with Crippen molar-refractivity contribution in [1.29, 1.82) is 0 Å². The maximum absolute atomic E-state index is 9.18. The first-order chi connectivity index (χ1) is 25.6. The van der Waals surface area contributed by atoms with Gasteiger partial charge in [0.05, 0.1) is 11.0 Å². The third-order valence-corrected chi connectivity index (χ3v) is 10.2. The van der Waals surface area contributed by atoms with Gasteiger partial charge >= 0.3 is 0 Å². The smallest absolute Gasteiger partial charge is 0.254 e. The highest BCUT2D eigenvalue weighted by Crippen LogP contribution is 2.37. The van der Waals surface area contributed by atoms with Gasteiger partial charge in [-0.3, -0.25) is 4.57 Å². The highest BCUT2D eigenvalue weighted by atomic mass is 16.5. The Morgan fingerprint density at radius 1 is 0.585 bits per heavy atom. The number of nitrogens with zero attached hydrogens (tertiary/aromatic N) is 4. The van der Waals surface area contributed by atoms with Gasteiger partial charge in [-0.2, -0.15) is 0 Å². The van der Waals surface area contributed by atoms with Crippen LogP contribution in [0.1, 0.15) is 108 Å². The Morgan fingerprint density at radius 3 is 1.87 bits per heavy atom. The molecule has 0 aliphatic carbocycles. The summed E-state index contributed by atoms with van der Waals surface area (Å²) in [4.78, 5) is 4.85. The van der Waals surface area contributed by atoms with Crippen molar-refractivity contribution >= 4 is 21.8 Å². The minimum atomic E-state index is -0.202. The van der Waals surface area contributed by atoms with Gasteiger partial charge in [0.2, 0.25) is 0 Å². The molecule has 0 spiro atoms. The van der Waals surface area contributed by atoms with Crippen molar-refractivity contribution in [3.05, 3.63) is 138 Å². The van der Waals surface area contributed by atoms with Gasteiger partial charge in [0, 0.05) is 29.1 Å². The Kier molecular flexibility index (Phi) is 8.10. The molecule has 53 heavy (non-hydrogen) atoms. The van der Waals surface area contributed by atoms with Crippen molar-refractivity contribution in [2.24, 2.45) is 0 Å². The minimum Gasteiger partial charge on any atom is -0.457 e. The number of hydrogen-bond acceptors (Lipinski definition) is 2. The first-order valence-corrected chi connectivity index (χ1v) is 18.7. The average molecular weight is 706 g/mol. The van der Waals surface area contributed by atoms with E-state index in [2.05, 4.69) is 167 Å².